The third-order valence-corrected chi connectivity index (χ3v) is 4.05. The van der Waals surface area contributed by atoms with Crippen LogP contribution in [0.4, 0.5) is 11.4 Å². The smallest absolute Gasteiger partial charge is 0.227 e. The molecule has 1 fully saturated rings. The van der Waals surface area contributed by atoms with Crippen molar-refractivity contribution in [2.24, 2.45) is 5.92 Å². The Morgan fingerprint density at radius 1 is 1.29 bits per heavy atom. The molecule has 2 N–H and O–H groups in total. The second-order valence-corrected chi connectivity index (χ2v) is 6.14. The van der Waals surface area contributed by atoms with Crippen molar-refractivity contribution in [1.29, 1.82) is 0 Å². The minimum Gasteiger partial charge on any atom is -0.356 e. The molecular formula is C18H25N3O3. The van der Waals surface area contributed by atoms with Crippen molar-refractivity contribution < 1.29 is 14.4 Å². The molecule has 0 spiro atoms. The summed E-state index contributed by atoms with van der Waals surface area (Å²) >= 11 is 0. The Morgan fingerprint density at radius 2 is 2.08 bits per heavy atom. The first-order valence-corrected chi connectivity index (χ1v) is 8.47. The molecule has 1 atom stereocenters. The second-order valence-electron chi connectivity index (χ2n) is 6.14. The van der Waals surface area contributed by atoms with Crippen molar-refractivity contribution >= 4 is 29.1 Å². The molecule has 1 aliphatic heterocycles. The third-order valence-electron chi connectivity index (χ3n) is 4.05. The number of carbonyl (C=O) groups is 3. The molecule has 6 heteroatoms. The van der Waals surface area contributed by atoms with Crippen LogP contribution in [0.2, 0.25) is 0 Å². The summed E-state index contributed by atoms with van der Waals surface area (Å²) in [7, 11) is 0. The number of hydrogen-bond donors (Lipinski definition) is 2. The largest absolute Gasteiger partial charge is 0.356 e. The average Bonchev–Trinajstić information content (AvgIpc) is 2.93. The summed E-state index contributed by atoms with van der Waals surface area (Å²) in [5.74, 6) is -0.601. The summed E-state index contributed by atoms with van der Waals surface area (Å²) in [6.07, 6.45) is 3.39. The van der Waals surface area contributed by atoms with Crippen molar-refractivity contribution in [1.82, 2.24) is 5.32 Å². The molecule has 0 saturated carbocycles. The number of anilines is 2. The number of carbonyl (C=O) groups excluding carboxylic acids is 3. The lowest BCUT2D eigenvalue weighted by molar-refractivity contribution is -0.126. The number of nitrogens with zero attached hydrogens (tertiary/aromatic N) is 1. The zero-order valence-corrected chi connectivity index (χ0v) is 14.3. The van der Waals surface area contributed by atoms with E-state index in [1.54, 1.807) is 23.1 Å². The van der Waals surface area contributed by atoms with Crippen molar-refractivity contribution in [3.05, 3.63) is 24.3 Å². The first-order chi connectivity index (χ1) is 11.5. The fourth-order valence-corrected chi connectivity index (χ4v) is 2.82. The number of rotatable bonds is 7. The van der Waals surface area contributed by atoms with Gasteiger partial charge in [0.2, 0.25) is 17.7 Å². The van der Waals surface area contributed by atoms with E-state index in [0.29, 0.717) is 24.5 Å². The van der Waals surface area contributed by atoms with Crippen LogP contribution in [-0.2, 0) is 14.4 Å². The Morgan fingerprint density at radius 3 is 2.79 bits per heavy atom. The van der Waals surface area contributed by atoms with E-state index < -0.39 is 0 Å². The number of benzene rings is 1. The molecule has 2 rings (SSSR count). The molecule has 1 aromatic carbocycles. The summed E-state index contributed by atoms with van der Waals surface area (Å²) in [6, 6.07) is 7.11. The topological polar surface area (TPSA) is 78.5 Å². The van der Waals surface area contributed by atoms with Gasteiger partial charge in [-0.3, -0.25) is 14.4 Å². The summed E-state index contributed by atoms with van der Waals surface area (Å²) in [5, 5.41) is 5.62. The van der Waals surface area contributed by atoms with Crippen LogP contribution in [0.5, 0.6) is 0 Å². The minimum atomic E-state index is -0.316. The molecule has 1 aliphatic rings. The maximum Gasteiger partial charge on any atom is 0.227 e. The fraction of sp³-hybridized carbons (Fsp3) is 0.500. The average molecular weight is 331 g/mol. The molecule has 1 saturated heterocycles. The van der Waals surface area contributed by atoms with Gasteiger partial charge in [0.15, 0.2) is 0 Å². The highest BCUT2D eigenvalue weighted by Crippen LogP contribution is 2.27. The highest BCUT2D eigenvalue weighted by molar-refractivity contribution is 6.01. The maximum atomic E-state index is 12.3. The molecule has 1 unspecified atom stereocenters. The van der Waals surface area contributed by atoms with Gasteiger partial charge in [0, 0.05) is 37.8 Å². The lowest BCUT2D eigenvalue weighted by Crippen LogP contribution is -2.33. The van der Waals surface area contributed by atoms with Crippen LogP contribution < -0.4 is 15.5 Å². The van der Waals surface area contributed by atoms with Gasteiger partial charge in [-0.2, -0.15) is 0 Å². The van der Waals surface area contributed by atoms with Gasteiger partial charge in [0.05, 0.1) is 5.92 Å². The van der Waals surface area contributed by atoms with Crippen molar-refractivity contribution in [3.63, 3.8) is 0 Å². The Hall–Kier alpha value is -2.37. The van der Waals surface area contributed by atoms with Gasteiger partial charge < -0.3 is 15.5 Å². The van der Waals surface area contributed by atoms with E-state index in [1.165, 1.54) is 6.92 Å². The van der Waals surface area contributed by atoms with Gasteiger partial charge in [-0.25, -0.2) is 0 Å². The first-order valence-electron chi connectivity index (χ1n) is 8.47. The quantitative estimate of drug-likeness (QED) is 0.753. The molecule has 1 heterocycles. The van der Waals surface area contributed by atoms with E-state index in [9.17, 15) is 14.4 Å². The lowest BCUT2D eigenvalue weighted by atomic mass is 10.1. The summed E-state index contributed by atoms with van der Waals surface area (Å²) in [5.41, 5.74) is 1.34. The Bertz CT molecular complexity index is 615. The standard InChI is InChI=1S/C18H25N3O3/c1-3-4-5-9-19-18(24)14-10-17(23)21(12-14)16-8-6-7-15(11-16)20-13(2)22/h6-8,11,14H,3-5,9-10,12H2,1-2H3,(H,19,24)(H,20,22). The molecule has 0 aliphatic carbocycles. The van der Waals surface area contributed by atoms with Gasteiger partial charge in [0.25, 0.3) is 0 Å². The third kappa shape index (κ3) is 4.81. The Balaban J connectivity index is 1.97. The number of amides is 3. The minimum absolute atomic E-state index is 0.0556. The molecule has 3 amide bonds. The molecule has 6 nitrogen and oxygen atoms in total. The predicted molar refractivity (Wildman–Crippen MR) is 93.7 cm³/mol. The van der Waals surface area contributed by atoms with Gasteiger partial charge >= 0.3 is 0 Å². The Kier molecular flexibility index (Phi) is 6.35. The molecular weight excluding hydrogens is 306 g/mol. The van der Waals surface area contributed by atoms with Crippen LogP contribution in [0.15, 0.2) is 24.3 Å². The van der Waals surface area contributed by atoms with Crippen LogP contribution in [0.1, 0.15) is 39.5 Å². The predicted octanol–water partition coefficient (Wildman–Crippen LogP) is 2.30. The highest BCUT2D eigenvalue weighted by atomic mass is 16.2. The van der Waals surface area contributed by atoms with Crippen LogP contribution in [0, 0.1) is 5.92 Å². The van der Waals surface area contributed by atoms with Gasteiger partial charge in [-0.15, -0.1) is 0 Å². The lowest BCUT2D eigenvalue weighted by Gasteiger charge is -2.17. The molecule has 0 radical (unpaired) electrons. The van der Waals surface area contributed by atoms with E-state index in [-0.39, 0.29) is 30.1 Å². The van der Waals surface area contributed by atoms with E-state index in [4.69, 9.17) is 0 Å². The molecule has 24 heavy (non-hydrogen) atoms. The zero-order valence-electron chi connectivity index (χ0n) is 14.3. The first kappa shape index (κ1) is 18.0. The van der Waals surface area contributed by atoms with Crippen LogP contribution in [-0.4, -0.2) is 30.8 Å². The number of unbranched alkanes of at least 4 members (excludes halogenated alkanes) is 2. The van der Waals surface area contributed by atoms with E-state index in [1.807, 2.05) is 6.07 Å². The molecule has 0 bridgehead atoms. The normalized spacial score (nSPS) is 17.0. The molecule has 0 aromatic heterocycles. The Labute approximate surface area is 142 Å². The summed E-state index contributed by atoms with van der Waals surface area (Å²) < 4.78 is 0. The van der Waals surface area contributed by atoms with Gasteiger partial charge in [-0.05, 0) is 24.6 Å². The van der Waals surface area contributed by atoms with Crippen LogP contribution in [0.25, 0.3) is 0 Å². The number of nitrogens with one attached hydrogen (secondary N) is 2. The SMILES string of the molecule is CCCCCNC(=O)C1CC(=O)N(c2cccc(NC(C)=O)c2)C1. The van der Waals surface area contributed by atoms with E-state index in [2.05, 4.69) is 17.6 Å². The monoisotopic (exact) mass is 331 g/mol. The number of hydrogen-bond acceptors (Lipinski definition) is 3. The zero-order chi connectivity index (χ0) is 17.5. The fourth-order valence-electron chi connectivity index (χ4n) is 2.82. The van der Waals surface area contributed by atoms with E-state index in [0.717, 1.165) is 19.3 Å². The molecule has 130 valence electrons. The van der Waals surface area contributed by atoms with Gasteiger partial charge in [0.1, 0.15) is 0 Å². The highest BCUT2D eigenvalue weighted by Gasteiger charge is 2.35. The van der Waals surface area contributed by atoms with Crippen LogP contribution >= 0.6 is 0 Å². The summed E-state index contributed by atoms with van der Waals surface area (Å²) in [6.45, 7) is 4.59. The second kappa shape index (κ2) is 8.47. The van der Waals surface area contributed by atoms with Crippen molar-refractivity contribution in [2.75, 3.05) is 23.3 Å². The summed E-state index contributed by atoms with van der Waals surface area (Å²) in [4.78, 5) is 37.2. The van der Waals surface area contributed by atoms with Crippen molar-refractivity contribution in [3.8, 4) is 0 Å². The molecule has 1 aromatic rings. The van der Waals surface area contributed by atoms with Gasteiger partial charge in [-0.1, -0.05) is 25.8 Å². The maximum absolute atomic E-state index is 12.3. The van der Waals surface area contributed by atoms with E-state index >= 15 is 0 Å². The van der Waals surface area contributed by atoms with Crippen molar-refractivity contribution in [2.45, 2.75) is 39.5 Å². The van der Waals surface area contributed by atoms with Crippen LogP contribution in [0.3, 0.4) is 0 Å².